The van der Waals surface area contributed by atoms with Gasteiger partial charge < -0.3 is 14.9 Å². The molecule has 1 aromatic rings. The SMILES string of the molecule is COc1ccc([C@@](C)(O)[C@H]2CCCC[C@@]2(C)O)cc1. The van der Waals surface area contributed by atoms with E-state index in [2.05, 4.69) is 0 Å². The highest BCUT2D eigenvalue weighted by Gasteiger charge is 2.46. The van der Waals surface area contributed by atoms with E-state index in [0.717, 1.165) is 37.0 Å². The van der Waals surface area contributed by atoms with Crippen LogP contribution in [0.5, 0.6) is 5.75 Å². The second-order valence-corrected chi connectivity index (χ2v) is 6.03. The summed E-state index contributed by atoms with van der Waals surface area (Å²) >= 11 is 0. The van der Waals surface area contributed by atoms with E-state index < -0.39 is 11.2 Å². The first-order chi connectivity index (χ1) is 8.88. The van der Waals surface area contributed by atoms with E-state index in [9.17, 15) is 10.2 Å². The maximum atomic E-state index is 10.9. The number of benzene rings is 1. The van der Waals surface area contributed by atoms with Crippen molar-refractivity contribution in [3.63, 3.8) is 0 Å². The highest BCUT2D eigenvalue weighted by atomic mass is 16.5. The molecule has 0 amide bonds. The molecular formula is C16H24O3. The fourth-order valence-electron chi connectivity index (χ4n) is 3.33. The van der Waals surface area contributed by atoms with Crippen LogP contribution < -0.4 is 4.74 Å². The zero-order valence-corrected chi connectivity index (χ0v) is 12.0. The first kappa shape index (κ1) is 14.4. The Balaban J connectivity index is 2.29. The monoisotopic (exact) mass is 264 g/mol. The van der Waals surface area contributed by atoms with Gasteiger partial charge in [-0.3, -0.25) is 0 Å². The highest BCUT2D eigenvalue weighted by Crippen LogP contribution is 2.44. The molecule has 1 fully saturated rings. The predicted molar refractivity (Wildman–Crippen MR) is 75.1 cm³/mol. The van der Waals surface area contributed by atoms with Crippen molar-refractivity contribution in [2.45, 2.75) is 50.7 Å². The Labute approximate surface area is 115 Å². The molecule has 1 aliphatic carbocycles. The van der Waals surface area contributed by atoms with Crippen molar-refractivity contribution >= 4 is 0 Å². The molecular weight excluding hydrogens is 240 g/mol. The summed E-state index contributed by atoms with van der Waals surface area (Å²) in [6, 6.07) is 7.45. The molecule has 1 aliphatic rings. The number of ether oxygens (including phenoxy) is 1. The Morgan fingerprint density at radius 2 is 1.89 bits per heavy atom. The Morgan fingerprint density at radius 1 is 1.26 bits per heavy atom. The second kappa shape index (κ2) is 5.14. The van der Waals surface area contributed by atoms with Crippen molar-refractivity contribution in [2.24, 2.45) is 5.92 Å². The molecule has 1 aromatic carbocycles. The molecule has 3 heteroatoms. The van der Waals surface area contributed by atoms with Gasteiger partial charge in [-0.25, -0.2) is 0 Å². The third kappa shape index (κ3) is 2.77. The largest absolute Gasteiger partial charge is 0.497 e. The Morgan fingerprint density at radius 3 is 2.42 bits per heavy atom. The lowest BCUT2D eigenvalue weighted by Gasteiger charge is -2.45. The fraction of sp³-hybridized carbons (Fsp3) is 0.625. The topological polar surface area (TPSA) is 49.7 Å². The quantitative estimate of drug-likeness (QED) is 0.882. The molecule has 0 aromatic heterocycles. The molecule has 0 aliphatic heterocycles. The van der Waals surface area contributed by atoms with Gasteiger partial charge in [-0.1, -0.05) is 25.0 Å². The van der Waals surface area contributed by atoms with Crippen molar-refractivity contribution in [3.05, 3.63) is 29.8 Å². The third-order valence-corrected chi connectivity index (χ3v) is 4.53. The van der Waals surface area contributed by atoms with Gasteiger partial charge in [-0.15, -0.1) is 0 Å². The molecule has 0 radical (unpaired) electrons. The van der Waals surface area contributed by atoms with Crippen LogP contribution in [-0.2, 0) is 5.60 Å². The van der Waals surface area contributed by atoms with E-state index in [-0.39, 0.29) is 5.92 Å². The van der Waals surface area contributed by atoms with Gasteiger partial charge in [0.25, 0.3) is 0 Å². The summed E-state index contributed by atoms with van der Waals surface area (Å²) in [5.74, 6) is 0.636. The van der Waals surface area contributed by atoms with Crippen molar-refractivity contribution in [1.29, 1.82) is 0 Å². The summed E-state index contributed by atoms with van der Waals surface area (Å²) in [7, 11) is 1.62. The summed E-state index contributed by atoms with van der Waals surface area (Å²) in [6.45, 7) is 3.65. The van der Waals surface area contributed by atoms with E-state index in [4.69, 9.17) is 4.74 Å². The van der Waals surface area contributed by atoms with Crippen LogP contribution in [0.2, 0.25) is 0 Å². The van der Waals surface area contributed by atoms with Gasteiger partial charge in [-0.05, 0) is 44.4 Å². The standard InChI is InChI=1S/C16H24O3/c1-15(17)11-5-4-6-14(15)16(2,18)12-7-9-13(19-3)10-8-12/h7-10,14,17-18H,4-6,11H2,1-3H3/t14-,15+,16+/m0/s1. The maximum absolute atomic E-state index is 10.9. The number of methoxy groups -OCH3 is 1. The summed E-state index contributed by atoms with van der Waals surface area (Å²) in [5.41, 5.74) is -0.988. The van der Waals surface area contributed by atoms with Crippen LogP contribution in [0.25, 0.3) is 0 Å². The number of hydrogen-bond acceptors (Lipinski definition) is 3. The lowest BCUT2D eigenvalue weighted by Crippen LogP contribution is -2.48. The van der Waals surface area contributed by atoms with Gasteiger partial charge in [0.05, 0.1) is 18.3 Å². The van der Waals surface area contributed by atoms with Crippen molar-refractivity contribution < 1.29 is 14.9 Å². The molecule has 106 valence electrons. The smallest absolute Gasteiger partial charge is 0.118 e. The van der Waals surface area contributed by atoms with Gasteiger partial charge in [0.2, 0.25) is 0 Å². The number of hydrogen-bond donors (Lipinski definition) is 2. The summed E-state index contributed by atoms with van der Waals surface area (Å²) in [6.07, 6.45) is 3.70. The molecule has 0 spiro atoms. The van der Waals surface area contributed by atoms with E-state index in [1.807, 2.05) is 31.2 Å². The van der Waals surface area contributed by atoms with Crippen molar-refractivity contribution in [3.8, 4) is 5.75 Å². The zero-order valence-electron chi connectivity index (χ0n) is 12.0. The minimum absolute atomic E-state index is 0.137. The molecule has 1 saturated carbocycles. The van der Waals surface area contributed by atoms with Crippen LogP contribution in [0.15, 0.2) is 24.3 Å². The predicted octanol–water partition coefficient (Wildman–Crippen LogP) is 2.84. The van der Waals surface area contributed by atoms with E-state index in [1.165, 1.54) is 0 Å². The average Bonchev–Trinajstić information content (AvgIpc) is 2.38. The minimum Gasteiger partial charge on any atom is -0.497 e. The van der Waals surface area contributed by atoms with Crippen LogP contribution in [0.4, 0.5) is 0 Å². The molecule has 3 nitrogen and oxygen atoms in total. The maximum Gasteiger partial charge on any atom is 0.118 e. The van der Waals surface area contributed by atoms with Crippen LogP contribution in [0.1, 0.15) is 45.1 Å². The number of rotatable bonds is 3. The fourth-order valence-corrected chi connectivity index (χ4v) is 3.33. The van der Waals surface area contributed by atoms with E-state index in [0.29, 0.717) is 0 Å². The summed E-state index contributed by atoms with van der Waals surface area (Å²) in [5, 5.41) is 21.5. The molecule has 0 saturated heterocycles. The van der Waals surface area contributed by atoms with E-state index in [1.54, 1.807) is 14.0 Å². The molecule has 0 heterocycles. The van der Waals surface area contributed by atoms with E-state index >= 15 is 0 Å². The molecule has 0 unspecified atom stereocenters. The molecule has 3 atom stereocenters. The molecule has 19 heavy (non-hydrogen) atoms. The lowest BCUT2D eigenvalue weighted by molar-refractivity contribution is -0.133. The molecule has 2 N–H and O–H groups in total. The number of aliphatic hydroxyl groups is 2. The Kier molecular flexibility index (Phi) is 3.88. The summed E-state index contributed by atoms with van der Waals surface area (Å²) < 4.78 is 5.14. The highest BCUT2D eigenvalue weighted by molar-refractivity contribution is 5.31. The minimum atomic E-state index is -1.02. The van der Waals surface area contributed by atoms with Crippen LogP contribution in [0.3, 0.4) is 0 Å². The zero-order chi connectivity index (χ0) is 14.1. The normalized spacial score (nSPS) is 30.7. The van der Waals surface area contributed by atoms with Gasteiger partial charge in [0.1, 0.15) is 5.75 Å². The first-order valence-electron chi connectivity index (χ1n) is 6.97. The Hall–Kier alpha value is -1.06. The second-order valence-electron chi connectivity index (χ2n) is 6.03. The summed E-state index contributed by atoms with van der Waals surface area (Å²) in [4.78, 5) is 0. The van der Waals surface area contributed by atoms with Gasteiger partial charge in [-0.2, -0.15) is 0 Å². The van der Waals surface area contributed by atoms with Crippen LogP contribution in [-0.4, -0.2) is 22.9 Å². The first-order valence-corrected chi connectivity index (χ1v) is 6.97. The molecule has 2 rings (SSSR count). The van der Waals surface area contributed by atoms with Crippen molar-refractivity contribution in [1.82, 2.24) is 0 Å². The van der Waals surface area contributed by atoms with Gasteiger partial charge in [0.15, 0.2) is 0 Å². The van der Waals surface area contributed by atoms with Gasteiger partial charge in [0, 0.05) is 5.92 Å². The van der Waals surface area contributed by atoms with Crippen molar-refractivity contribution in [2.75, 3.05) is 7.11 Å². The Bertz CT molecular complexity index is 420. The lowest BCUT2D eigenvalue weighted by atomic mass is 9.66. The average molecular weight is 264 g/mol. The molecule has 0 bridgehead atoms. The van der Waals surface area contributed by atoms with Crippen LogP contribution in [0, 0.1) is 5.92 Å². The van der Waals surface area contributed by atoms with Gasteiger partial charge >= 0.3 is 0 Å². The third-order valence-electron chi connectivity index (χ3n) is 4.53. The van der Waals surface area contributed by atoms with Crippen LogP contribution >= 0.6 is 0 Å².